The van der Waals surface area contributed by atoms with Crippen LogP contribution >= 0.6 is 0 Å². The van der Waals surface area contributed by atoms with Crippen molar-refractivity contribution >= 4 is 11.9 Å². The lowest BCUT2D eigenvalue weighted by Crippen LogP contribution is -3.15. The van der Waals surface area contributed by atoms with Gasteiger partial charge in [-0.2, -0.15) is 0 Å². The molecule has 2 saturated heterocycles. The van der Waals surface area contributed by atoms with Crippen molar-refractivity contribution < 1.29 is 24.3 Å². The maximum Gasteiger partial charge on any atom is 0.315 e. The fourth-order valence-corrected chi connectivity index (χ4v) is 5.95. The van der Waals surface area contributed by atoms with E-state index in [1.54, 1.807) is 6.92 Å². The summed E-state index contributed by atoms with van der Waals surface area (Å²) < 4.78 is 5.76. The van der Waals surface area contributed by atoms with E-state index in [-0.39, 0.29) is 35.2 Å². The Balaban J connectivity index is 1.50. The molecule has 2 aliphatic carbocycles. The quantitative estimate of drug-likeness (QED) is 0.526. The number of rotatable bonds is 2. The van der Waals surface area contributed by atoms with Crippen LogP contribution in [-0.2, 0) is 14.3 Å². The van der Waals surface area contributed by atoms with Crippen LogP contribution in [0.3, 0.4) is 0 Å². The Bertz CT molecular complexity index is 655. The van der Waals surface area contributed by atoms with Gasteiger partial charge in [-0.05, 0) is 18.8 Å². The van der Waals surface area contributed by atoms with Gasteiger partial charge in [-0.15, -0.1) is 0 Å². The SMILES string of the molecule is CC(=O)N1CC[NH+](C[C@H]2C(=O)O[C@@H]3CC4=CCC[C@H](C)[C@@]4(C)[C@H](O)[C@@H]32)CC1. The monoisotopic (exact) mass is 377 g/mol. The van der Waals surface area contributed by atoms with Crippen molar-refractivity contribution in [2.45, 2.75) is 52.2 Å². The number of hydrogen-bond donors (Lipinski definition) is 2. The van der Waals surface area contributed by atoms with Gasteiger partial charge in [0.25, 0.3) is 0 Å². The average Bonchev–Trinajstić information content (AvgIpc) is 2.94. The molecule has 0 aromatic rings. The molecule has 1 saturated carbocycles. The number of aliphatic hydroxyl groups is 1. The minimum absolute atomic E-state index is 0.112. The van der Waals surface area contributed by atoms with Gasteiger partial charge in [0.1, 0.15) is 12.0 Å². The van der Waals surface area contributed by atoms with E-state index >= 15 is 0 Å². The number of ether oxygens (including phenoxy) is 1. The van der Waals surface area contributed by atoms with Crippen molar-refractivity contribution in [3.05, 3.63) is 11.6 Å². The van der Waals surface area contributed by atoms with Crippen LogP contribution in [-0.4, -0.2) is 66.8 Å². The zero-order valence-electron chi connectivity index (χ0n) is 16.7. The Hall–Kier alpha value is -1.40. The Labute approximate surface area is 161 Å². The van der Waals surface area contributed by atoms with E-state index in [1.165, 1.54) is 10.5 Å². The molecule has 1 amide bonds. The second-order valence-corrected chi connectivity index (χ2v) is 9.26. The number of esters is 1. The molecule has 2 N–H and O–H groups in total. The highest BCUT2D eigenvalue weighted by Crippen LogP contribution is 2.55. The average molecular weight is 378 g/mol. The van der Waals surface area contributed by atoms with Crippen LogP contribution in [0.2, 0.25) is 0 Å². The number of quaternary nitrogens is 1. The molecule has 0 aromatic heterocycles. The molecule has 3 fully saturated rings. The van der Waals surface area contributed by atoms with Crippen LogP contribution in [0.15, 0.2) is 11.6 Å². The van der Waals surface area contributed by atoms with Crippen LogP contribution < -0.4 is 4.90 Å². The van der Waals surface area contributed by atoms with Gasteiger partial charge in [-0.25, -0.2) is 0 Å². The van der Waals surface area contributed by atoms with Gasteiger partial charge in [0.05, 0.1) is 38.8 Å². The Kier molecular flexibility index (Phi) is 4.83. The summed E-state index contributed by atoms with van der Waals surface area (Å²) in [6.07, 6.45) is 4.47. The van der Waals surface area contributed by atoms with Gasteiger partial charge in [0, 0.05) is 24.7 Å². The maximum absolute atomic E-state index is 12.7. The first kappa shape index (κ1) is 18.9. The molecule has 0 bridgehead atoms. The van der Waals surface area contributed by atoms with E-state index < -0.39 is 6.10 Å². The molecular formula is C21H33N2O4+. The molecule has 6 atom stereocenters. The molecule has 4 rings (SSSR count). The third kappa shape index (κ3) is 3.01. The fourth-order valence-electron chi connectivity index (χ4n) is 5.95. The van der Waals surface area contributed by atoms with E-state index in [0.717, 1.165) is 45.4 Å². The highest BCUT2D eigenvalue weighted by atomic mass is 16.6. The first-order valence-corrected chi connectivity index (χ1v) is 10.5. The zero-order chi connectivity index (χ0) is 19.3. The predicted molar refractivity (Wildman–Crippen MR) is 99.9 cm³/mol. The second-order valence-electron chi connectivity index (χ2n) is 9.26. The van der Waals surface area contributed by atoms with Crippen molar-refractivity contribution in [1.82, 2.24) is 4.90 Å². The molecule has 27 heavy (non-hydrogen) atoms. The lowest BCUT2D eigenvalue weighted by molar-refractivity contribution is -0.906. The van der Waals surface area contributed by atoms with E-state index in [0.29, 0.717) is 12.5 Å². The summed E-state index contributed by atoms with van der Waals surface area (Å²) in [7, 11) is 0. The van der Waals surface area contributed by atoms with Crippen LogP contribution in [0, 0.1) is 23.2 Å². The van der Waals surface area contributed by atoms with Gasteiger partial charge in [-0.3, -0.25) is 9.59 Å². The van der Waals surface area contributed by atoms with Crippen molar-refractivity contribution in [1.29, 1.82) is 0 Å². The molecule has 0 radical (unpaired) electrons. The van der Waals surface area contributed by atoms with Crippen LogP contribution in [0.25, 0.3) is 0 Å². The van der Waals surface area contributed by atoms with Crippen LogP contribution in [0.1, 0.15) is 40.0 Å². The number of amides is 1. The lowest BCUT2D eigenvalue weighted by Gasteiger charge is -2.51. The van der Waals surface area contributed by atoms with Gasteiger partial charge in [0.15, 0.2) is 0 Å². The molecule has 150 valence electrons. The third-order valence-electron chi connectivity index (χ3n) is 7.99. The van der Waals surface area contributed by atoms with Crippen LogP contribution in [0.5, 0.6) is 0 Å². The van der Waals surface area contributed by atoms with Crippen LogP contribution in [0.4, 0.5) is 0 Å². The number of nitrogens with one attached hydrogen (secondary N) is 1. The lowest BCUT2D eigenvalue weighted by atomic mass is 9.55. The van der Waals surface area contributed by atoms with E-state index in [1.807, 2.05) is 4.90 Å². The molecule has 2 aliphatic heterocycles. The Morgan fingerprint density at radius 3 is 2.78 bits per heavy atom. The minimum Gasteiger partial charge on any atom is -0.461 e. The summed E-state index contributed by atoms with van der Waals surface area (Å²) in [5, 5.41) is 11.4. The summed E-state index contributed by atoms with van der Waals surface area (Å²) in [4.78, 5) is 27.4. The fraction of sp³-hybridized carbons (Fsp3) is 0.810. The number of nitrogens with zero attached hydrogens (tertiary/aromatic N) is 1. The summed E-state index contributed by atoms with van der Waals surface area (Å²) >= 11 is 0. The Morgan fingerprint density at radius 2 is 2.11 bits per heavy atom. The van der Waals surface area contributed by atoms with Gasteiger partial charge in [-0.1, -0.05) is 25.5 Å². The topological polar surface area (TPSA) is 71.3 Å². The van der Waals surface area contributed by atoms with E-state index in [2.05, 4.69) is 19.9 Å². The number of carbonyl (C=O) groups is 2. The molecule has 0 unspecified atom stereocenters. The summed E-state index contributed by atoms with van der Waals surface area (Å²) in [6, 6.07) is 0. The maximum atomic E-state index is 12.7. The van der Waals surface area contributed by atoms with Gasteiger partial charge >= 0.3 is 5.97 Å². The zero-order valence-corrected chi connectivity index (χ0v) is 16.7. The smallest absolute Gasteiger partial charge is 0.315 e. The highest BCUT2D eigenvalue weighted by Gasteiger charge is 2.60. The molecule has 2 heterocycles. The van der Waals surface area contributed by atoms with E-state index in [9.17, 15) is 14.7 Å². The normalized spacial score (nSPS) is 42.2. The molecular weight excluding hydrogens is 344 g/mol. The van der Waals surface area contributed by atoms with Gasteiger partial charge < -0.3 is 19.6 Å². The number of allylic oxidation sites excluding steroid dienone is 1. The van der Waals surface area contributed by atoms with Crippen molar-refractivity contribution in [3.8, 4) is 0 Å². The number of aliphatic hydroxyl groups excluding tert-OH is 1. The number of hydrogen-bond acceptors (Lipinski definition) is 4. The standard InChI is InChI=1S/C21H32N2O4/c1-13-5-4-6-15-11-17-18(19(25)21(13,15)3)16(20(26)27-17)12-22-7-9-23(10-8-22)14(2)24/h6,13,16-19,25H,4-5,7-12H2,1-3H3/p+1/t13-,16+,17+,18+,19+,21+/m0/s1. The largest absolute Gasteiger partial charge is 0.461 e. The molecule has 4 aliphatic rings. The van der Waals surface area contributed by atoms with Crippen molar-refractivity contribution in [3.63, 3.8) is 0 Å². The second kappa shape index (κ2) is 6.89. The first-order chi connectivity index (χ1) is 12.8. The summed E-state index contributed by atoms with van der Waals surface area (Å²) in [6.45, 7) is 9.92. The summed E-state index contributed by atoms with van der Waals surface area (Å²) in [5.41, 5.74) is 1.04. The minimum atomic E-state index is -0.535. The molecule has 6 nitrogen and oxygen atoms in total. The number of carbonyl (C=O) groups excluding carboxylic acids is 2. The van der Waals surface area contributed by atoms with Gasteiger partial charge in [0.2, 0.25) is 5.91 Å². The molecule has 0 aromatic carbocycles. The first-order valence-electron chi connectivity index (χ1n) is 10.5. The molecule has 6 heteroatoms. The summed E-state index contributed by atoms with van der Waals surface area (Å²) in [5.74, 6) is 0.0443. The third-order valence-corrected chi connectivity index (χ3v) is 7.99. The van der Waals surface area contributed by atoms with E-state index in [4.69, 9.17) is 4.74 Å². The van der Waals surface area contributed by atoms with Crippen molar-refractivity contribution in [2.75, 3.05) is 32.7 Å². The molecule has 0 spiro atoms. The highest BCUT2D eigenvalue weighted by molar-refractivity contribution is 5.76. The Morgan fingerprint density at radius 1 is 1.41 bits per heavy atom. The number of fused-ring (bicyclic) bond motifs is 2. The number of piperazine rings is 1. The predicted octanol–water partition coefficient (Wildman–Crippen LogP) is 0.0184. The van der Waals surface area contributed by atoms with Crippen molar-refractivity contribution in [2.24, 2.45) is 23.2 Å².